The van der Waals surface area contributed by atoms with Crippen molar-refractivity contribution in [2.45, 2.75) is 46.1 Å². The van der Waals surface area contributed by atoms with Crippen molar-refractivity contribution < 1.29 is 4.79 Å². The quantitative estimate of drug-likeness (QED) is 0.874. The zero-order valence-corrected chi connectivity index (χ0v) is 12.3. The Hall–Kier alpha value is -1.51. The van der Waals surface area contributed by atoms with Crippen LogP contribution < -0.4 is 10.6 Å². The highest BCUT2D eigenvalue weighted by molar-refractivity contribution is 6.00. The number of hydrogen-bond acceptors (Lipinski definition) is 2. The second kappa shape index (κ2) is 5.64. The molecule has 104 valence electrons. The van der Waals surface area contributed by atoms with E-state index in [9.17, 15) is 4.79 Å². The summed E-state index contributed by atoms with van der Waals surface area (Å²) in [5.74, 6) is 1.07. The van der Waals surface area contributed by atoms with Crippen LogP contribution in [0.4, 0.5) is 5.69 Å². The maximum absolute atomic E-state index is 12.3. The molecule has 2 N–H and O–H groups in total. The molecule has 0 spiro atoms. The Balaban J connectivity index is 2.23. The lowest BCUT2D eigenvalue weighted by molar-refractivity contribution is 0.0938. The molecule has 1 aliphatic rings. The van der Waals surface area contributed by atoms with Crippen LogP contribution in [-0.2, 0) is 0 Å². The van der Waals surface area contributed by atoms with Crippen molar-refractivity contribution in [1.29, 1.82) is 0 Å². The number of carbonyl (C=O) groups excluding carboxylic acids is 1. The van der Waals surface area contributed by atoms with E-state index >= 15 is 0 Å². The summed E-state index contributed by atoms with van der Waals surface area (Å²) in [4.78, 5) is 12.3. The van der Waals surface area contributed by atoms with Crippen molar-refractivity contribution in [2.24, 2.45) is 5.92 Å². The molecule has 2 rings (SSSR count). The lowest BCUT2D eigenvalue weighted by atomic mass is 9.99. The standard InChI is InChI=1S/C16H24N2O/c1-10(2)7-13-9-17-15-6-5-12(11(3)4)8-14(15)16(19)18-13/h5-6,8,10-11,13,17H,7,9H2,1-4H3,(H,18,19). The Bertz CT molecular complexity index is 466. The maximum atomic E-state index is 12.3. The summed E-state index contributed by atoms with van der Waals surface area (Å²) < 4.78 is 0. The summed E-state index contributed by atoms with van der Waals surface area (Å²) in [5.41, 5.74) is 2.93. The van der Waals surface area contributed by atoms with Gasteiger partial charge in [0.1, 0.15) is 0 Å². The average Bonchev–Trinajstić information content (AvgIpc) is 2.48. The largest absolute Gasteiger partial charge is 0.382 e. The number of hydrogen-bond donors (Lipinski definition) is 2. The van der Waals surface area contributed by atoms with E-state index in [0.717, 1.165) is 24.2 Å². The fraction of sp³-hybridized carbons (Fsp3) is 0.562. The van der Waals surface area contributed by atoms with Gasteiger partial charge in [-0.1, -0.05) is 33.8 Å². The van der Waals surface area contributed by atoms with Crippen molar-refractivity contribution in [3.63, 3.8) is 0 Å². The van der Waals surface area contributed by atoms with Crippen molar-refractivity contribution in [3.05, 3.63) is 29.3 Å². The molecular weight excluding hydrogens is 236 g/mol. The molecule has 1 aromatic carbocycles. The lowest BCUT2D eigenvalue weighted by Crippen LogP contribution is -2.38. The van der Waals surface area contributed by atoms with Gasteiger partial charge in [0.25, 0.3) is 5.91 Å². The zero-order chi connectivity index (χ0) is 14.0. The molecule has 1 aliphatic heterocycles. The van der Waals surface area contributed by atoms with Crippen LogP contribution in [0.5, 0.6) is 0 Å². The molecule has 0 saturated carbocycles. The predicted molar refractivity (Wildman–Crippen MR) is 79.7 cm³/mol. The van der Waals surface area contributed by atoms with E-state index in [4.69, 9.17) is 0 Å². The number of nitrogens with one attached hydrogen (secondary N) is 2. The van der Waals surface area contributed by atoms with Crippen molar-refractivity contribution in [3.8, 4) is 0 Å². The normalized spacial score (nSPS) is 18.8. The van der Waals surface area contributed by atoms with Gasteiger partial charge in [-0.25, -0.2) is 0 Å². The highest BCUT2D eigenvalue weighted by Crippen LogP contribution is 2.24. The van der Waals surface area contributed by atoms with Crippen LogP contribution in [0.15, 0.2) is 18.2 Å². The van der Waals surface area contributed by atoms with Crippen LogP contribution >= 0.6 is 0 Å². The summed E-state index contributed by atoms with van der Waals surface area (Å²) in [7, 11) is 0. The highest BCUT2D eigenvalue weighted by atomic mass is 16.1. The monoisotopic (exact) mass is 260 g/mol. The molecular formula is C16H24N2O. The highest BCUT2D eigenvalue weighted by Gasteiger charge is 2.22. The van der Waals surface area contributed by atoms with Crippen LogP contribution in [0.1, 0.15) is 56.0 Å². The molecule has 0 bridgehead atoms. The van der Waals surface area contributed by atoms with Crippen LogP contribution in [0.25, 0.3) is 0 Å². The Morgan fingerprint density at radius 3 is 2.63 bits per heavy atom. The number of anilines is 1. The Morgan fingerprint density at radius 1 is 1.26 bits per heavy atom. The molecule has 0 aliphatic carbocycles. The van der Waals surface area contributed by atoms with E-state index in [1.165, 1.54) is 5.56 Å². The van der Waals surface area contributed by atoms with Crippen LogP contribution in [0, 0.1) is 5.92 Å². The van der Waals surface area contributed by atoms with Gasteiger partial charge < -0.3 is 10.6 Å². The lowest BCUT2D eigenvalue weighted by Gasteiger charge is -2.17. The van der Waals surface area contributed by atoms with Gasteiger partial charge in [-0.3, -0.25) is 4.79 Å². The van der Waals surface area contributed by atoms with Gasteiger partial charge >= 0.3 is 0 Å². The number of fused-ring (bicyclic) bond motifs is 1. The average molecular weight is 260 g/mol. The maximum Gasteiger partial charge on any atom is 0.253 e. The molecule has 0 aromatic heterocycles. The molecule has 3 heteroatoms. The second-order valence-electron chi connectivity index (χ2n) is 6.14. The van der Waals surface area contributed by atoms with Gasteiger partial charge in [0.15, 0.2) is 0 Å². The molecule has 3 nitrogen and oxygen atoms in total. The van der Waals surface area contributed by atoms with Crippen LogP contribution in [-0.4, -0.2) is 18.5 Å². The molecule has 0 radical (unpaired) electrons. The third-order valence-corrected chi connectivity index (χ3v) is 3.58. The first-order chi connectivity index (χ1) is 8.97. The van der Waals surface area contributed by atoms with Crippen molar-refractivity contribution in [2.75, 3.05) is 11.9 Å². The van der Waals surface area contributed by atoms with E-state index in [1.54, 1.807) is 0 Å². The topological polar surface area (TPSA) is 41.1 Å². The molecule has 0 fully saturated rings. The molecule has 1 heterocycles. The minimum absolute atomic E-state index is 0.0492. The first-order valence-electron chi connectivity index (χ1n) is 7.16. The first-order valence-corrected chi connectivity index (χ1v) is 7.16. The minimum atomic E-state index is 0.0492. The molecule has 19 heavy (non-hydrogen) atoms. The number of amides is 1. The van der Waals surface area contributed by atoms with E-state index in [-0.39, 0.29) is 11.9 Å². The molecule has 1 atom stereocenters. The third-order valence-electron chi connectivity index (χ3n) is 3.58. The Labute approximate surface area is 115 Å². The number of benzene rings is 1. The van der Waals surface area contributed by atoms with Gasteiger partial charge in [-0.05, 0) is 36.0 Å². The number of rotatable bonds is 3. The SMILES string of the molecule is CC(C)CC1CNc2ccc(C(C)C)cc2C(=O)N1. The van der Waals surface area contributed by atoms with Crippen molar-refractivity contribution >= 4 is 11.6 Å². The van der Waals surface area contributed by atoms with E-state index < -0.39 is 0 Å². The predicted octanol–water partition coefficient (Wildman–Crippen LogP) is 3.38. The summed E-state index contributed by atoms with van der Waals surface area (Å²) >= 11 is 0. The summed E-state index contributed by atoms with van der Waals surface area (Å²) in [6.07, 6.45) is 1.00. The van der Waals surface area contributed by atoms with E-state index in [0.29, 0.717) is 11.8 Å². The van der Waals surface area contributed by atoms with Gasteiger partial charge in [-0.15, -0.1) is 0 Å². The first kappa shape index (κ1) is 13.9. The van der Waals surface area contributed by atoms with Crippen LogP contribution in [0.3, 0.4) is 0 Å². The molecule has 1 unspecified atom stereocenters. The smallest absolute Gasteiger partial charge is 0.253 e. The molecule has 0 saturated heterocycles. The second-order valence-corrected chi connectivity index (χ2v) is 6.14. The molecule has 1 amide bonds. The minimum Gasteiger partial charge on any atom is -0.382 e. The summed E-state index contributed by atoms with van der Waals surface area (Å²) in [6.45, 7) is 9.46. The van der Waals surface area contributed by atoms with Gasteiger partial charge in [0.05, 0.1) is 5.56 Å². The Morgan fingerprint density at radius 2 is 2.00 bits per heavy atom. The Kier molecular flexibility index (Phi) is 4.13. The van der Waals surface area contributed by atoms with Gasteiger partial charge in [0, 0.05) is 18.3 Å². The van der Waals surface area contributed by atoms with Crippen LogP contribution in [0.2, 0.25) is 0 Å². The van der Waals surface area contributed by atoms with E-state index in [2.05, 4.69) is 44.4 Å². The van der Waals surface area contributed by atoms with Gasteiger partial charge in [0.2, 0.25) is 0 Å². The summed E-state index contributed by atoms with van der Waals surface area (Å²) in [5, 5.41) is 6.52. The fourth-order valence-corrected chi connectivity index (χ4v) is 2.52. The number of carbonyl (C=O) groups is 1. The molecule has 1 aromatic rings. The zero-order valence-electron chi connectivity index (χ0n) is 12.3. The van der Waals surface area contributed by atoms with E-state index in [1.807, 2.05) is 12.1 Å². The van der Waals surface area contributed by atoms with Gasteiger partial charge in [-0.2, -0.15) is 0 Å². The summed E-state index contributed by atoms with van der Waals surface area (Å²) in [6, 6.07) is 6.36. The van der Waals surface area contributed by atoms with Crippen molar-refractivity contribution in [1.82, 2.24) is 5.32 Å². The fourth-order valence-electron chi connectivity index (χ4n) is 2.52. The third kappa shape index (κ3) is 3.28.